The molecule has 1 saturated carbocycles. The summed E-state index contributed by atoms with van der Waals surface area (Å²) in [6.07, 6.45) is 3.44. The average molecular weight is 366 g/mol. The molecule has 4 rings (SSSR count). The first-order chi connectivity index (χ1) is 12.9. The number of alkyl carbamates (subject to hydrolysis) is 1. The number of pyridine rings is 1. The first-order valence-electron chi connectivity index (χ1n) is 8.81. The summed E-state index contributed by atoms with van der Waals surface area (Å²) in [6.45, 7) is 1.81. The molecule has 1 aliphatic carbocycles. The van der Waals surface area contributed by atoms with Gasteiger partial charge in [0.2, 0.25) is 0 Å². The maximum Gasteiger partial charge on any atom is 0.408 e. The van der Waals surface area contributed by atoms with Crippen molar-refractivity contribution in [3.05, 3.63) is 65.2 Å². The summed E-state index contributed by atoms with van der Waals surface area (Å²) in [5, 5.41) is 12.5. The predicted octanol–water partition coefficient (Wildman–Crippen LogP) is 3.26. The minimum atomic E-state index is -0.639. The van der Waals surface area contributed by atoms with Gasteiger partial charge < -0.3 is 15.2 Å². The van der Waals surface area contributed by atoms with E-state index in [-0.39, 0.29) is 11.7 Å². The molecule has 1 saturated heterocycles. The van der Waals surface area contributed by atoms with Crippen LogP contribution in [0.3, 0.4) is 0 Å². The molecular formula is C21H19FN2O3. The number of nitrogens with zero attached hydrogens (tertiary/aromatic N) is 1. The Labute approximate surface area is 156 Å². The molecule has 2 aromatic rings. The van der Waals surface area contributed by atoms with Crippen LogP contribution < -0.4 is 5.32 Å². The highest BCUT2D eigenvalue weighted by Gasteiger charge is 2.38. The van der Waals surface area contributed by atoms with E-state index in [0.29, 0.717) is 18.4 Å². The Kier molecular flexibility index (Phi) is 4.33. The number of aliphatic hydroxyl groups is 1. The lowest BCUT2D eigenvalue weighted by atomic mass is 9.72. The lowest BCUT2D eigenvalue weighted by Crippen LogP contribution is -2.39. The molecule has 2 heterocycles. The van der Waals surface area contributed by atoms with Crippen LogP contribution in [0.5, 0.6) is 0 Å². The maximum atomic E-state index is 13.6. The van der Waals surface area contributed by atoms with Gasteiger partial charge in [-0.15, -0.1) is 0 Å². The van der Waals surface area contributed by atoms with Crippen LogP contribution in [0.15, 0.2) is 42.7 Å². The van der Waals surface area contributed by atoms with Crippen LogP contribution in [0.2, 0.25) is 0 Å². The van der Waals surface area contributed by atoms with Gasteiger partial charge in [-0.05, 0) is 49.1 Å². The first-order valence-corrected chi connectivity index (χ1v) is 8.81. The van der Waals surface area contributed by atoms with E-state index in [1.807, 2.05) is 13.0 Å². The highest BCUT2D eigenvalue weighted by atomic mass is 19.1. The summed E-state index contributed by atoms with van der Waals surface area (Å²) in [7, 11) is 0. The minimum absolute atomic E-state index is 0.179. The Morgan fingerprint density at radius 1 is 1.30 bits per heavy atom. The third-order valence-corrected chi connectivity index (χ3v) is 4.90. The van der Waals surface area contributed by atoms with Crippen molar-refractivity contribution in [2.24, 2.45) is 5.92 Å². The zero-order valence-electron chi connectivity index (χ0n) is 14.8. The molecule has 6 heteroatoms. The number of rotatable bonds is 2. The van der Waals surface area contributed by atoms with E-state index in [1.165, 1.54) is 12.1 Å². The van der Waals surface area contributed by atoms with Crippen LogP contribution in [0.25, 0.3) is 0 Å². The lowest BCUT2D eigenvalue weighted by Gasteiger charge is -2.37. The predicted molar refractivity (Wildman–Crippen MR) is 96.0 cm³/mol. The second-order valence-corrected chi connectivity index (χ2v) is 7.38. The molecule has 0 radical (unpaired) electrons. The fraction of sp³-hybridized carbons (Fsp3) is 0.333. The second kappa shape index (κ2) is 6.67. The van der Waals surface area contributed by atoms with Crippen LogP contribution in [0, 0.1) is 23.6 Å². The van der Waals surface area contributed by atoms with Crippen molar-refractivity contribution in [3.63, 3.8) is 0 Å². The zero-order valence-corrected chi connectivity index (χ0v) is 14.8. The maximum absolute atomic E-state index is 13.6. The Morgan fingerprint density at radius 2 is 2.11 bits per heavy atom. The van der Waals surface area contributed by atoms with Gasteiger partial charge in [0.25, 0.3) is 0 Å². The smallest absolute Gasteiger partial charge is 0.408 e. The minimum Gasteiger partial charge on any atom is -0.439 e. The van der Waals surface area contributed by atoms with E-state index in [2.05, 4.69) is 22.1 Å². The number of carbonyl (C=O) groups excluding carboxylic acids is 1. The third-order valence-electron chi connectivity index (χ3n) is 4.90. The van der Waals surface area contributed by atoms with Gasteiger partial charge in [0.1, 0.15) is 11.9 Å². The van der Waals surface area contributed by atoms with Crippen molar-refractivity contribution in [1.29, 1.82) is 0 Å². The topological polar surface area (TPSA) is 71.5 Å². The fourth-order valence-corrected chi connectivity index (χ4v) is 3.61. The molecule has 138 valence electrons. The quantitative estimate of drug-likeness (QED) is 0.801. The lowest BCUT2D eigenvalue weighted by molar-refractivity contribution is -0.0386. The van der Waals surface area contributed by atoms with Crippen molar-refractivity contribution in [2.75, 3.05) is 0 Å². The fourth-order valence-electron chi connectivity index (χ4n) is 3.61. The van der Waals surface area contributed by atoms with E-state index < -0.39 is 23.8 Å². The normalized spacial score (nSPS) is 29.1. The molecule has 1 aliphatic heterocycles. The number of carbonyl (C=O) groups is 1. The van der Waals surface area contributed by atoms with E-state index >= 15 is 0 Å². The molecule has 2 aliphatic rings. The first kappa shape index (κ1) is 17.5. The number of amides is 1. The molecule has 1 aromatic carbocycles. The number of cyclic esters (lactones) is 1. The van der Waals surface area contributed by atoms with Crippen molar-refractivity contribution < 1.29 is 19.0 Å². The molecule has 2 fully saturated rings. The summed E-state index contributed by atoms with van der Waals surface area (Å²) in [5.74, 6) is 6.03. The number of ether oxygens (including phenoxy) is 1. The number of aromatic nitrogens is 1. The van der Waals surface area contributed by atoms with Gasteiger partial charge >= 0.3 is 6.09 Å². The number of halogens is 1. The van der Waals surface area contributed by atoms with Gasteiger partial charge in [0, 0.05) is 23.9 Å². The molecule has 0 unspecified atom stereocenters. The summed E-state index contributed by atoms with van der Waals surface area (Å²) >= 11 is 0. The monoisotopic (exact) mass is 366 g/mol. The van der Waals surface area contributed by atoms with Crippen LogP contribution in [0.1, 0.15) is 48.6 Å². The third kappa shape index (κ3) is 3.79. The van der Waals surface area contributed by atoms with Crippen LogP contribution in [0.4, 0.5) is 9.18 Å². The van der Waals surface area contributed by atoms with E-state index in [4.69, 9.17) is 4.74 Å². The summed E-state index contributed by atoms with van der Waals surface area (Å²) in [4.78, 5) is 16.0. The number of benzene rings is 1. The molecule has 0 bridgehead atoms. The van der Waals surface area contributed by atoms with Crippen molar-refractivity contribution in [2.45, 2.75) is 37.5 Å². The van der Waals surface area contributed by atoms with Crippen molar-refractivity contribution >= 4 is 6.09 Å². The molecule has 5 nitrogen and oxygen atoms in total. The average Bonchev–Trinajstić information content (AvgIpc) is 3.00. The highest BCUT2D eigenvalue weighted by Crippen LogP contribution is 2.38. The molecule has 2 N–H and O–H groups in total. The summed E-state index contributed by atoms with van der Waals surface area (Å²) in [5.41, 5.74) is 1.43. The number of nitrogens with one attached hydrogen (secondary N) is 1. The molecule has 0 spiro atoms. The van der Waals surface area contributed by atoms with Gasteiger partial charge in [0.05, 0.1) is 5.60 Å². The highest BCUT2D eigenvalue weighted by molar-refractivity contribution is 5.71. The summed E-state index contributed by atoms with van der Waals surface area (Å²) < 4.78 is 18.9. The Bertz CT molecular complexity index is 940. The molecule has 27 heavy (non-hydrogen) atoms. The van der Waals surface area contributed by atoms with Crippen molar-refractivity contribution in [3.8, 4) is 11.8 Å². The Morgan fingerprint density at radius 3 is 2.85 bits per heavy atom. The van der Waals surface area contributed by atoms with Gasteiger partial charge in [0.15, 0.2) is 6.10 Å². The van der Waals surface area contributed by atoms with Gasteiger partial charge in [-0.2, -0.15) is 0 Å². The second-order valence-electron chi connectivity index (χ2n) is 7.38. The molecule has 1 amide bonds. The number of hydrogen-bond acceptors (Lipinski definition) is 4. The van der Waals surface area contributed by atoms with Gasteiger partial charge in [-0.3, -0.25) is 4.98 Å². The SMILES string of the molecule is C[C@]1(O)C[C@H](C#Cc2cncc([C@H]3NC(=O)O[C@@H]3c3cccc(F)c3)c2)C1. The van der Waals surface area contributed by atoms with Crippen LogP contribution in [-0.4, -0.2) is 21.8 Å². The van der Waals surface area contributed by atoms with E-state index in [0.717, 1.165) is 11.1 Å². The Hall–Kier alpha value is -2.91. The zero-order chi connectivity index (χ0) is 19.0. The van der Waals surface area contributed by atoms with Gasteiger partial charge in [-0.1, -0.05) is 24.0 Å². The molecule has 1 aromatic heterocycles. The van der Waals surface area contributed by atoms with E-state index in [9.17, 15) is 14.3 Å². The van der Waals surface area contributed by atoms with E-state index in [1.54, 1.807) is 24.5 Å². The summed E-state index contributed by atoms with van der Waals surface area (Å²) in [6, 6.07) is 7.39. The van der Waals surface area contributed by atoms with Crippen molar-refractivity contribution in [1.82, 2.24) is 10.3 Å². The van der Waals surface area contributed by atoms with Crippen LogP contribution in [-0.2, 0) is 4.74 Å². The van der Waals surface area contributed by atoms with Crippen LogP contribution >= 0.6 is 0 Å². The Balaban J connectivity index is 1.57. The molecular weight excluding hydrogens is 347 g/mol. The largest absolute Gasteiger partial charge is 0.439 e. The molecule has 2 atom stereocenters. The standard InChI is InChI=1S/C21H19FN2O3/c1-21(26)9-14(10-21)6-5-13-7-16(12-23-11-13)18-19(27-20(25)24-18)15-3-2-4-17(22)8-15/h2-4,7-8,11-12,14,18-19,26H,9-10H2,1H3,(H,24,25)/t14-,18-,19-,21-/m1/s1. The number of hydrogen-bond donors (Lipinski definition) is 2. The van der Waals surface area contributed by atoms with Gasteiger partial charge in [-0.25, -0.2) is 9.18 Å².